The van der Waals surface area contributed by atoms with Crippen molar-refractivity contribution >= 4 is 44.1 Å². The summed E-state index contributed by atoms with van der Waals surface area (Å²) in [4.78, 5) is 20.7. The van der Waals surface area contributed by atoms with Crippen molar-refractivity contribution in [1.29, 1.82) is 0 Å². The molecule has 0 spiro atoms. The van der Waals surface area contributed by atoms with Crippen LogP contribution in [-0.4, -0.2) is 28.9 Å². The predicted octanol–water partition coefficient (Wildman–Crippen LogP) is 3.58. The number of amides is 1. The summed E-state index contributed by atoms with van der Waals surface area (Å²) in [5, 5.41) is 1.96. The third-order valence-corrected chi connectivity index (χ3v) is 5.44. The Morgan fingerprint density at radius 3 is 2.86 bits per heavy atom. The minimum atomic E-state index is 0.0544. The summed E-state index contributed by atoms with van der Waals surface area (Å²) >= 11 is 1.42. The number of nitrogens with two attached hydrogens (primary N) is 1. The van der Waals surface area contributed by atoms with E-state index in [-0.39, 0.29) is 5.91 Å². The van der Waals surface area contributed by atoms with Crippen LogP contribution in [0.4, 0.5) is 5.69 Å². The molecule has 4 rings (SSSR count). The molecule has 1 aliphatic rings. The summed E-state index contributed by atoms with van der Waals surface area (Å²) < 4.78 is 0. The molecule has 0 atom stereocenters. The third-order valence-electron chi connectivity index (χ3n) is 4.33. The van der Waals surface area contributed by atoms with Gasteiger partial charge in [-0.3, -0.25) is 4.79 Å². The average molecular weight is 311 g/mol. The normalized spacial score (nSPS) is 15.0. The summed E-state index contributed by atoms with van der Waals surface area (Å²) in [5.74, 6) is 0.0544. The highest BCUT2D eigenvalue weighted by Crippen LogP contribution is 2.36. The Morgan fingerprint density at radius 2 is 2.09 bits per heavy atom. The fourth-order valence-electron chi connectivity index (χ4n) is 3.10. The first-order chi connectivity index (χ1) is 10.6. The Labute approximate surface area is 132 Å². The number of pyridine rings is 1. The van der Waals surface area contributed by atoms with Gasteiger partial charge in [0.1, 0.15) is 9.71 Å². The zero-order chi connectivity index (χ0) is 15.3. The first-order valence-corrected chi connectivity index (χ1v) is 8.34. The maximum absolute atomic E-state index is 12.6. The smallest absolute Gasteiger partial charge is 0.266 e. The lowest BCUT2D eigenvalue weighted by Crippen LogP contribution is -2.27. The van der Waals surface area contributed by atoms with Crippen LogP contribution < -0.4 is 5.73 Å². The van der Waals surface area contributed by atoms with Crippen LogP contribution >= 0.6 is 11.3 Å². The molecule has 0 aliphatic carbocycles. The van der Waals surface area contributed by atoms with E-state index in [1.165, 1.54) is 11.3 Å². The molecule has 0 radical (unpaired) electrons. The van der Waals surface area contributed by atoms with E-state index in [9.17, 15) is 4.79 Å². The average Bonchev–Trinajstić information content (AvgIpc) is 3.15. The number of aryl methyl sites for hydroxylation is 1. The van der Waals surface area contributed by atoms with Gasteiger partial charge in [0.25, 0.3) is 5.91 Å². The van der Waals surface area contributed by atoms with E-state index in [1.807, 2.05) is 17.0 Å². The van der Waals surface area contributed by atoms with E-state index < -0.39 is 0 Å². The molecular formula is C17H17N3OS. The van der Waals surface area contributed by atoms with Gasteiger partial charge in [0.05, 0.1) is 11.2 Å². The number of fused-ring (bicyclic) bond motifs is 2. The zero-order valence-corrected chi connectivity index (χ0v) is 13.2. The highest BCUT2D eigenvalue weighted by Gasteiger charge is 2.24. The molecule has 4 nitrogen and oxygen atoms in total. The van der Waals surface area contributed by atoms with E-state index in [1.54, 1.807) is 0 Å². The van der Waals surface area contributed by atoms with Gasteiger partial charge in [-0.2, -0.15) is 0 Å². The van der Waals surface area contributed by atoms with Crippen molar-refractivity contribution in [3.05, 3.63) is 34.7 Å². The topological polar surface area (TPSA) is 59.2 Å². The molecule has 1 fully saturated rings. The minimum Gasteiger partial charge on any atom is -0.397 e. The van der Waals surface area contributed by atoms with Crippen molar-refractivity contribution in [2.24, 2.45) is 0 Å². The minimum absolute atomic E-state index is 0.0544. The van der Waals surface area contributed by atoms with Gasteiger partial charge in [-0.1, -0.05) is 18.2 Å². The molecule has 2 aromatic heterocycles. The highest BCUT2D eigenvalue weighted by atomic mass is 32.1. The lowest BCUT2D eigenvalue weighted by atomic mass is 10.1. The maximum atomic E-state index is 12.6. The second kappa shape index (κ2) is 4.95. The Kier molecular flexibility index (Phi) is 3.04. The maximum Gasteiger partial charge on any atom is 0.266 e. The van der Waals surface area contributed by atoms with Crippen molar-refractivity contribution in [2.75, 3.05) is 18.8 Å². The van der Waals surface area contributed by atoms with Crippen molar-refractivity contribution in [3.8, 4) is 0 Å². The number of likely N-dealkylation sites (tertiary alicyclic amines) is 1. The Balaban J connectivity index is 1.90. The molecule has 5 heteroatoms. The lowest BCUT2D eigenvalue weighted by molar-refractivity contribution is 0.0798. The molecule has 3 aromatic rings. The van der Waals surface area contributed by atoms with Gasteiger partial charge in [-0.15, -0.1) is 11.3 Å². The van der Waals surface area contributed by atoms with Gasteiger partial charge < -0.3 is 10.6 Å². The van der Waals surface area contributed by atoms with E-state index in [0.29, 0.717) is 10.6 Å². The number of para-hydroxylation sites is 1. The number of nitrogen functional groups attached to an aromatic ring is 1. The number of carbonyl (C=O) groups excluding carboxylic acids is 1. The zero-order valence-electron chi connectivity index (χ0n) is 12.4. The van der Waals surface area contributed by atoms with Crippen LogP contribution in [0.5, 0.6) is 0 Å². The van der Waals surface area contributed by atoms with E-state index in [4.69, 9.17) is 10.7 Å². The number of hydrogen-bond donors (Lipinski definition) is 1. The van der Waals surface area contributed by atoms with E-state index >= 15 is 0 Å². The Hall–Kier alpha value is -2.14. The molecule has 22 heavy (non-hydrogen) atoms. The number of nitrogens with zero attached hydrogens (tertiary/aromatic N) is 2. The van der Waals surface area contributed by atoms with Gasteiger partial charge in [0.15, 0.2) is 0 Å². The number of benzene rings is 1. The van der Waals surface area contributed by atoms with Gasteiger partial charge in [0, 0.05) is 23.9 Å². The summed E-state index contributed by atoms with van der Waals surface area (Å²) in [5.41, 5.74) is 8.96. The Morgan fingerprint density at radius 1 is 1.32 bits per heavy atom. The van der Waals surface area contributed by atoms with Gasteiger partial charge in [-0.05, 0) is 31.4 Å². The molecule has 1 amide bonds. The van der Waals surface area contributed by atoms with Gasteiger partial charge >= 0.3 is 0 Å². The summed E-state index contributed by atoms with van der Waals surface area (Å²) in [6.45, 7) is 3.72. The monoisotopic (exact) mass is 311 g/mol. The number of hydrogen-bond acceptors (Lipinski definition) is 4. The van der Waals surface area contributed by atoms with Crippen LogP contribution in [0, 0.1) is 6.92 Å². The molecule has 1 aromatic carbocycles. The molecule has 0 bridgehead atoms. The summed E-state index contributed by atoms with van der Waals surface area (Å²) in [6, 6.07) is 8.16. The van der Waals surface area contributed by atoms with Crippen molar-refractivity contribution in [2.45, 2.75) is 19.8 Å². The third kappa shape index (κ3) is 1.96. The van der Waals surface area contributed by atoms with Crippen LogP contribution in [0.3, 0.4) is 0 Å². The van der Waals surface area contributed by atoms with E-state index in [2.05, 4.69) is 19.1 Å². The number of anilines is 1. The molecule has 1 aliphatic heterocycles. The number of aromatic nitrogens is 1. The van der Waals surface area contributed by atoms with Crippen molar-refractivity contribution in [1.82, 2.24) is 9.88 Å². The molecule has 0 saturated carbocycles. The lowest BCUT2D eigenvalue weighted by Gasteiger charge is -2.13. The van der Waals surface area contributed by atoms with Crippen LogP contribution in [-0.2, 0) is 0 Å². The molecule has 3 heterocycles. The van der Waals surface area contributed by atoms with E-state index in [0.717, 1.165) is 52.6 Å². The molecule has 2 N–H and O–H groups in total. The standard InChI is InChI=1S/C17H17N3OS/c1-10-5-4-6-11-9-12-13(18)15(22-16(12)19-14(10)11)17(21)20-7-2-3-8-20/h4-6,9H,2-3,7-8,18H2,1H3. The van der Waals surface area contributed by atoms with Gasteiger partial charge in [-0.25, -0.2) is 4.98 Å². The molecule has 1 saturated heterocycles. The Bertz CT molecular complexity index is 894. The van der Waals surface area contributed by atoms with Crippen molar-refractivity contribution < 1.29 is 4.79 Å². The van der Waals surface area contributed by atoms with Crippen LogP contribution in [0.2, 0.25) is 0 Å². The summed E-state index contributed by atoms with van der Waals surface area (Å²) in [7, 11) is 0. The first kappa shape index (κ1) is 13.5. The van der Waals surface area contributed by atoms with Crippen LogP contribution in [0.25, 0.3) is 21.1 Å². The second-order valence-corrected chi connectivity index (χ2v) is 6.83. The first-order valence-electron chi connectivity index (χ1n) is 7.53. The van der Waals surface area contributed by atoms with Crippen LogP contribution in [0.15, 0.2) is 24.3 Å². The quantitative estimate of drug-likeness (QED) is 0.747. The molecule has 112 valence electrons. The second-order valence-electron chi connectivity index (χ2n) is 5.83. The van der Waals surface area contributed by atoms with Crippen molar-refractivity contribution in [3.63, 3.8) is 0 Å². The highest BCUT2D eigenvalue weighted by molar-refractivity contribution is 7.21. The number of thiophene rings is 1. The fourth-order valence-corrected chi connectivity index (χ4v) is 4.14. The fraction of sp³-hybridized carbons (Fsp3) is 0.294. The largest absolute Gasteiger partial charge is 0.397 e. The summed E-state index contributed by atoms with van der Waals surface area (Å²) in [6.07, 6.45) is 2.16. The van der Waals surface area contributed by atoms with Gasteiger partial charge in [0.2, 0.25) is 0 Å². The predicted molar refractivity (Wildman–Crippen MR) is 91.4 cm³/mol. The molecular weight excluding hydrogens is 294 g/mol. The number of rotatable bonds is 1. The van der Waals surface area contributed by atoms with Crippen LogP contribution in [0.1, 0.15) is 28.1 Å². The number of carbonyl (C=O) groups is 1. The molecule has 0 unspecified atom stereocenters. The SMILES string of the molecule is Cc1cccc2cc3c(N)c(C(=O)N4CCCC4)sc3nc12.